The first-order chi connectivity index (χ1) is 11.6. The van der Waals surface area contributed by atoms with E-state index in [9.17, 15) is 10.4 Å². The number of piperidine rings is 2. The molecule has 4 heteroatoms. The molecule has 2 aliphatic rings. The SMILES string of the molecule is CCCC(C1CC(C)(C)N(O)C(C)(C)C1)C1CC(C)(C)N(O)C(C)(C)C1. The van der Waals surface area contributed by atoms with Crippen LogP contribution in [-0.2, 0) is 0 Å². The molecule has 154 valence electrons. The molecule has 0 saturated carbocycles. The number of hydrogen-bond acceptors (Lipinski definition) is 4. The van der Waals surface area contributed by atoms with E-state index < -0.39 is 0 Å². The Hall–Kier alpha value is -0.160. The van der Waals surface area contributed by atoms with Gasteiger partial charge < -0.3 is 10.4 Å². The van der Waals surface area contributed by atoms with Crippen molar-refractivity contribution in [2.75, 3.05) is 0 Å². The molecule has 2 fully saturated rings. The zero-order chi connectivity index (χ0) is 20.1. The van der Waals surface area contributed by atoms with Crippen molar-refractivity contribution >= 4 is 0 Å². The van der Waals surface area contributed by atoms with Crippen molar-refractivity contribution in [2.24, 2.45) is 17.8 Å². The number of hydrogen-bond donors (Lipinski definition) is 2. The molecule has 0 atom stereocenters. The maximum absolute atomic E-state index is 10.7. The van der Waals surface area contributed by atoms with Gasteiger partial charge in [0.15, 0.2) is 0 Å². The Morgan fingerprint density at radius 1 is 0.692 bits per heavy atom. The van der Waals surface area contributed by atoms with Crippen molar-refractivity contribution in [1.82, 2.24) is 10.1 Å². The molecule has 2 aliphatic heterocycles. The highest BCUT2D eigenvalue weighted by Crippen LogP contribution is 2.51. The van der Waals surface area contributed by atoms with E-state index in [0.717, 1.165) is 25.7 Å². The summed E-state index contributed by atoms with van der Waals surface area (Å²) < 4.78 is 0. The molecular weight excluding hydrogens is 324 g/mol. The predicted octanol–water partition coefficient (Wildman–Crippen LogP) is 5.72. The van der Waals surface area contributed by atoms with Gasteiger partial charge in [-0.3, -0.25) is 0 Å². The molecule has 2 heterocycles. The van der Waals surface area contributed by atoms with Gasteiger partial charge >= 0.3 is 0 Å². The van der Waals surface area contributed by atoms with E-state index in [1.807, 2.05) is 0 Å². The van der Waals surface area contributed by atoms with Gasteiger partial charge in [-0.25, -0.2) is 0 Å². The van der Waals surface area contributed by atoms with Gasteiger partial charge in [-0.05, 0) is 98.8 Å². The van der Waals surface area contributed by atoms with Gasteiger partial charge in [0.05, 0.1) is 0 Å². The van der Waals surface area contributed by atoms with Crippen molar-refractivity contribution < 1.29 is 10.4 Å². The Bertz CT molecular complexity index is 420. The van der Waals surface area contributed by atoms with Crippen LogP contribution in [-0.4, -0.2) is 42.7 Å². The van der Waals surface area contributed by atoms with Crippen LogP contribution in [0.1, 0.15) is 101 Å². The van der Waals surface area contributed by atoms with Gasteiger partial charge in [-0.1, -0.05) is 19.8 Å². The summed E-state index contributed by atoms with van der Waals surface area (Å²) in [5.74, 6) is 1.88. The maximum atomic E-state index is 10.7. The molecule has 4 nitrogen and oxygen atoms in total. The zero-order valence-corrected chi connectivity index (χ0v) is 18.8. The van der Waals surface area contributed by atoms with Crippen molar-refractivity contribution in [2.45, 2.75) is 123 Å². The molecule has 2 N–H and O–H groups in total. The molecule has 0 aliphatic carbocycles. The van der Waals surface area contributed by atoms with E-state index in [1.54, 1.807) is 10.1 Å². The van der Waals surface area contributed by atoms with Crippen LogP contribution in [0.25, 0.3) is 0 Å². The molecule has 0 spiro atoms. The number of rotatable bonds is 4. The largest absolute Gasteiger partial charge is 0.313 e. The van der Waals surface area contributed by atoms with Crippen LogP contribution < -0.4 is 0 Å². The predicted molar refractivity (Wildman–Crippen MR) is 107 cm³/mol. The van der Waals surface area contributed by atoms with Gasteiger partial charge in [0.25, 0.3) is 0 Å². The second-order valence-electron chi connectivity index (χ2n) is 11.7. The Labute approximate surface area is 161 Å². The molecule has 0 amide bonds. The van der Waals surface area contributed by atoms with Gasteiger partial charge in [0, 0.05) is 22.2 Å². The normalized spacial score (nSPS) is 30.0. The van der Waals surface area contributed by atoms with E-state index in [0.29, 0.717) is 17.8 Å². The van der Waals surface area contributed by atoms with Gasteiger partial charge in [-0.2, -0.15) is 10.1 Å². The van der Waals surface area contributed by atoms with Crippen molar-refractivity contribution in [3.8, 4) is 0 Å². The third kappa shape index (κ3) is 4.14. The summed E-state index contributed by atoms with van der Waals surface area (Å²) in [6.45, 7) is 19.7. The molecular formula is C22H44N2O2. The number of hydroxylamine groups is 4. The van der Waals surface area contributed by atoms with E-state index in [2.05, 4.69) is 62.3 Å². The Morgan fingerprint density at radius 3 is 1.19 bits per heavy atom. The standard InChI is InChI=1S/C22H44N2O2/c1-10-11-18(16-12-19(2,3)23(25)20(4,5)13-16)17-14-21(6,7)24(26)22(8,9)15-17/h16-18,25-26H,10-15H2,1-9H3. The lowest BCUT2D eigenvalue weighted by atomic mass is 9.61. The summed E-state index contributed by atoms with van der Waals surface area (Å²) in [5, 5.41) is 24.6. The summed E-state index contributed by atoms with van der Waals surface area (Å²) in [7, 11) is 0. The summed E-state index contributed by atoms with van der Waals surface area (Å²) in [5.41, 5.74) is -0.773. The molecule has 2 rings (SSSR count). The Morgan fingerprint density at radius 2 is 0.962 bits per heavy atom. The van der Waals surface area contributed by atoms with Crippen LogP contribution in [0.4, 0.5) is 0 Å². The quantitative estimate of drug-likeness (QED) is 0.666. The third-order valence-electron chi connectivity index (χ3n) is 7.17. The molecule has 0 unspecified atom stereocenters. The summed E-state index contributed by atoms with van der Waals surface area (Å²) in [6, 6.07) is 0. The van der Waals surface area contributed by atoms with E-state index in [-0.39, 0.29) is 22.2 Å². The first-order valence-corrected chi connectivity index (χ1v) is 10.6. The summed E-state index contributed by atoms with van der Waals surface area (Å²) >= 11 is 0. The molecule has 0 aromatic carbocycles. The first kappa shape index (κ1) is 22.1. The van der Waals surface area contributed by atoms with E-state index in [4.69, 9.17) is 0 Å². The number of nitrogens with zero attached hydrogens (tertiary/aromatic N) is 2. The fourth-order valence-corrected chi connectivity index (χ4v) is 6.49. The first-order valence-electron chi connectivity index (χ1n) is 10.6. The zero-order valence-electron chi connectivity index (χ0n) is 18.8. The minimum Gasteiger partial charge on any atom is -0.313 e. The van der Waals surface area contributed by atoms with Crippen LogP contribution in [0.2, 0.25) is 0 Å². The van der Waals surface area contributed by atoms with Crippen LogP contribution >= 0.6 is 0 Å². The lowest BCUT2D eigenvalue weighted by Gasteiger charge is -2.57. The minimum atomic E-state index is -0.193. The highest BCUT2D eigenvalue weighted by Gasteiger charge is 2.51. The molecule has 26 heavy (non-hydrogen) atoms. The summed E-state index contributed by atoms with van der Waals surface area (Å²) in [6.07, 6.45) is 6.60. The molecule has 2 saturated heterocycles. The van der Waals surface area contributed by atoms with Crippen LogP contribution in [0.15, 0.2) is 0 Å². The second-order valence-corrected chi connectivity index (χ2v) is 11.7. The smallest absolute Gasteiger partial charge is 0.0413 e. The molecule has 0 radical (unpaired) electrons. The fourth-order valence-electron chi connectivity index (χ4n) is 6.49. The van der Waals surface area contributed by atoms with Crippen LogP contribution in [0, 0.1) is 17.8 Å². The molecule has 0 bridgehead atoms. The van der Waals surface area contributed by atoms with Crippen LogP contribution in [0.3, 0.4) is 0 Å². The fraction of sp³-hybridized carbons (Fsp3) is 1.00. The van der Waals surface area contributed by atoms with Crippen molar-refractivity contribution in [3.63, 3.8) is 0 Å². The van der Waals surface area contributed by atoms with Gasteiger partial charge in [-0.15, -0.1) is 0 Å². The second kappa shape index (κ2) is 7.02. The third-order valence-corrected chi connectivity index (χ3v) is 7.17. The van der Waals surface area contributed by atoms with E-state index in [1.165, 1.54) is 12.8 Å². The van der Waals surface area contributed by atoms with E-state index >= 15 is 0 Å². The van der Waals surface area contributed by atoms with Gasteiger partial charge in [0.2, 0.25) is 0 Å². The minimum absolute atomic E-state index is 0.193. The molecule has 0 aromatic rings. The molecule has 0 aromatic heterocycles. The summed E-state index contributed by atoms with van der Waals surface area (Å²) in [4.78, 5) is 0. The lowest BCUT2D eigenvalue weighted by molar-refractivity contribution is -0.267. The monoisotopic (exact) mass is 368 g/mol. The highest BCUT2D eigenvalue weighted by atomic mass is 16.5. The average molecular weight is 369 g/mol. The Balaban J connectivity index is 2.31. The lowest BCUT2D eigenvalue weighted by Crippen LogP contribution is -2.62. The van der Waals surface area contributed by atoms with Crippen molar-refractivity contribution in [1.29, 1.82) is 0 Å². The van der Waals surface area contributed by atoms with Crippen molar-refractivity contribution in [3.05, 3.63) is 0 Å². The van der Waals surface area contributed by atoms with Crippen LogP contribution in [0.5, 0.6) is 0 Å². The topological polar surface area (TPSA) is 46.9 Å². The Kier molecular flexibility index (Phi) is 5.98. The highest BCUT2D eigenvalue weighted by molar-refractivity contribution is 5.02. The average Bonchev–Trinajstić information content (AvgIpc) is 2.46. The maximum Gasteiger partial charge on any atom is 0.0413 e. The van der Waals surface area contributed by atoms with Gasteiger partial charge in [0.1, 0.15) is 0 Å².